The zero-order chi connectivity index (χ0) is 22.4. The average molecular weight is 468 g/mol. The number of carbonyl (C=O) groups excluding carboxylic acids is 2. The van der Waals surface area contributed by atoms with Crippen molar-refractivity contribution in [1.82, 2.24) is 14.9 Å². The smallest absolute Gasteiger partial charge is 0.309 e. The second-order valence-electron chi connectivity index (χ2n) is 6.64. The largest absolute Gasteiger partial charge is 0.497 e. The minimum atomic E-state index is -3.84. The molecule has 1 heterocycles. The van der Waals surface area contributed by atoms with Gasteiger partial charge in [0.2, 0.25) is 10.0 Å². The zero-order valence-electron chi connectivity index (χ0n) is 16.7. The normalized spacial score (nSPS) is 16.6. The summed E-state index contributed by atoms with van der Waals surface area (Å²) in [7, 11) is -2.35. The van der Waals surface area contributed by atoms with Gasteiger partial charge in [-0.1, -0.05) is 23.7 Å². The predicted molar refractivity (Wildman–Crippen MR) is 113 cm³/mol. The lowest BCUT2D eigenvalue weighted by Gasteiger charge is -2.23. The molecule has 0 saturated carbocycles. The van der Waals surface area contributed by atoms with Crippen LogP contribution in [-0.2, 0) is 30.9 Å². The Hall–Kier alpha value is -2.66. The summed E-state index contributed by atoms with van der Waals surface area (Å²) in [4.78, 5) is 24.2. The molecule has 1 aliphatic heterocycles. The third kappa shape index (κ3) is 5.73. The van der Waals surface area contributed by atoms with Gasteiger partial charge in [-0.2, -0.15) is 4.31 Å². The molecule has 0 radical (unpaired) electrons. The van der Waals surface area contributed by atoms with Crippen LogP contribution in [0, 0.1) is 0 Å². The van der Waals surface area contributed by atoms with Crippen molar-refractivity contribution in [1.29, 1.82) is 0 Å². The van der Waals surface area contributed by atoms with Crippen LogP contribution in [-0.4, -0.2) is 57.6 Å². The highest BCUT2D eigenvalue weighted by Crippen LogP contribution is 2.23. The molecule has 0 spiro atoms. The summed E-state index contributed by atoms with van der Waals surface area (Å²) in [6, 6.07) is 12.8. The summed E-state index contributed by atoms with van der Waals surface area (Å²) < 4.78 is 37.5. The first-order valence-electron chi connectivity index (χ1n) is 9.39. The van der Waals surface area contributed by atoms with E-state index >= 15 is 0 Å². The maximum absolute atomic E-state index is 12.9. The summed E-state index contributed by atoms with van der Waals surface area (Å²) in [5.41, 5.74) is 0.779. The molecule has 2 N–H and O–H groups in total. The highest BCUT2D eigenvalue weighted by Gasteiger charge is 2.36. The van der Waals surface area contributed by atoms with Gasteiger partial charge < -0.3 is 20.1 Å². The van der Waals surface area contributed by atoms with Gasteiger partial charge in [-0.25, -0.2) is 8.42 Å². The van der Waals surface area contributed by atoms with Gasteiger partial charge in [0, 0.05) is 18.1 Å². The summed E-state index contributed by atoms with van der Waals surface area (Å²) in [5, 5.41) is 5.48. The first kappa shape index (κ1) is 23.0. The van der Waals surface area contributed by atoms with Gasteiger partial charge in [-0.05, 0) is 42.0 Å². The molecule has 11 heteroatoms. The number of benzene rings is 2. The third-order valence-corrected chi connectivity index (χ3v) is 6.77. The highest BCUT2D eigenvalue weighted by atomic mass is 35.5. The molecule has 2 amide bonds. The Bertz CT molecular complexity index is 1030. The highest BCUT2D eigenvalue weighted by molar-refractivity contribution is 7.89. The molecule has 0 bridgehead atoms. The van der Waals surface area contributed by atoms with Crippen molar-refractivity contribution in [3.05, 3.63) is 59.1 Å². The summed E-state index contributed by atoms with van der Waals surface area (Å²) in [6.45, 7) is 0.306. The van der Waals surface area contributed by atoms with Gasteiger partial charge >= 0.3 is 11.8 Å². The molecule has 2 aromatic carbocycles. The number of nitrogens with zero attached hydrogens (tertiary/aromatic N) is 1. The fourth-order valence-corrected chi connectivity index (χ4v) is 4.59. The number of rotatable bonds is 7. The first-order chi connectivity index (χ1) is 14.8. The van der Waals surface area contributed by atoms with Crippen molar-refractivity contribution in [3.63, 3.8) is 0 Å². The summed E-state index contributed by atoms with van der Waals surface area (Å²) >= 11 is 5.81. The van der Waals surface area contributed by atoms with Crippen molar-refractivity contribution in [2.24, 2.45) is 0 Å². The maximum atomic E-state index is 12.9. The summed E-state index contributed by atoms with van der Waals surface area (Å²) in [6.07, 6.45) is -0.917. The quantitative estimate of drug-likeness (QED) is 0.590. The second-order valence-corrected chi connectivity index (χ2v) is 8.96. The molecule has 9 nitrogen and oxygen atoms in total. The number of methoxy groups -OCH3 is 1. The van der Waals surface area contributed by atoms with Crippen LogP contribution in [0.4, 0.5) is 0 Å². The van der Waals surface area contributed by atoms with Gasteiger partial charge in [-0.3, -0.25) is 9.59 Å². The van der Waals surface area contributed by atoms with Crippen LogP contribution >= 0.6 is 11.6 Å². The Balaban J connectivity index is 1.55. The molecule has 3 rings (SSSR count). The molecule has 31 heavy (non-hydrogen) atoms. The number of ether oxygens (including phenoxy) is 2. The van der Waals surface area contributed by atoms with Crippen molar-refractivity contribution in [3.8, 4) is 5.75 Å². The van der Waals surface area contributed by atoms with Crippen LogP contribution < -0.4 is 15.4 Å². The van der Waals surface area contributed by atoms with Crippen molar-refractivity contribution in [2.45, 2.75) is 17.7 Å². The molecule has 1 fully saturated rings. The monoisotopic (exact) mass is 467 g/mol. The number of hydrogen-bond donors (Lipinski definition) is 2. The maximum Gasteiger partial charge on any atom is 0.309 e. The van der Waals surface area contributed by atoms with E-state index in [1.807, 2.05) is 0 Å². The molecule has 0 aromatic heterocycles. The molecule has 0 aliphatic carbocycles. The van der Waals surface area contributed by atoms with E-state index in [0.29, 0.717) is 10.8 Å². The van der Waals surface area contributed by atoms with E-state index in [2.05, 4.69) is 10.6 Å². The lowest BCUT2D eigenvalue weighted by Crippen LogP contribution is -2.47. The number of hydrogen-bond acceptors (Lipinski definition) is 6. The number of nitrogens with one attached hydrogen (secondary N) is 2. The Kier molecular flexibility index (Phi) is 7.50. The van der Waals surface area contributed by atoms with E-state index in [0.717, 1.165) is 9.87 Å². The minimum Gasteiger partial charge on any atom is -0.497 e. The molecule has 0 unspecified atom stereocenters. The lowest BCUT2D eigenvalue weighted by molar-refractivity contribution is -0.139. The number of carbonyl (C=O) groups is 2. The fraction of sp³-hybridized carbons (Fsp3) is 0.300. The molecule has 166 valence electrons. The van der Waals surface area contributed by atoms with Crippen molar-refractivity contribution >= 4 is 33.4 Å². The van der Waals surface area contributed by atoms with Crippen LogP contribution in [0.1, 0.15) is 5.56 Å². The Labute approximate surface area is 185 Å². The standard InChI is InChI=1S/C20H22ClN3O6S/c1-29-16-6-8-17(9-7-16)31(27,28)24-10-11-30-18(24)13-23-20(26)19(25)22-12-14-2-4-15(21)5-3-14/h2-9,18H,10-13H2,1H3,(H,22,25)(H,23,26)/t18-/m0/s1. The van der Waals surface area contributed by atoms with Crippen molar-refractivity contribution in [2.75, 3.05) is 26.8 Å². The van der Waals surface area contributed by atoms with Crippen LogP contribution in [0.2, 0.25) is 5.02 Å². The number of sulfonamides is 1. The fourth-order valence-electron chi connectivity index (χ4n) is 2.95. The number of amides is 2. The zero-order valence-corrected chi connectivity index (χ0v) is 18.3. The lowest BCUT2D eigenvalue weighted by atomic mass is 10.2. The molecular weight excluding hydrogens is 446 g/mol. The van der Waals surface area contributed by atoms with Gasteiger partial charge in [0.1, 0.15) is 12.0 Å². The van der Waals surface area contributed by atoms with Gasteiger partial charge in [0.05, 0.1) is 25.2 Å². The third-order valence-electron chi connectivity index (χ3n) is 4.62. The van der Waals surface area contributed by atoms with Crippen molar-refractivity contribution < 1.29 is 27.5 Å². The summed E-state index contributed by atoms with van der Waals surface area (Å²) in [5.74, 6) is -1.19. The van der Waals surface area contributed by atoms with Crippen LogP contribution in [0.25, 0.3) is 0 Å². The molecule has 2 aromatic rings. The predicted octanol–water partition coefficient (Wildman–Crippen LogP) is 1.13. The first-order valence-corrected chi connectivity index (χ1v) is 11.2. The molecular formula is C20H22ClN3O6S. The Morgan fingerprint density at radius 1 is 1.10 bits per heavy atom. The van der Waals surface area contributed by atoms with Gasteiger partial charge in [-0.15, -0.1) is 0 Å². The van der Waals surface area contributed by atoms with E-state index in [4.69, 9.17) is 21.1 Å². The second kappa shape index (κ2) is 10.1. The SMILES string of the molecule is COc1ccc(S(=O)(=O)N2CCO[C@H]2CNC(=O)C(=O)NCc2ccc(Cl)cc2)cc1. The van der Waals surface area contributed by atoms with Crippen LogP contribution in [0.5, 0.6) is 5.75 Å². The Morgan fingerprint density at radius 3 is 2.39 bits per heavy atom. The van der Waals surface area contributed by atoms with E-state index in [-0.39, 0.29) is 31.1 Å². The van der Waals surface area contributed by atoms with Crippen LogP contribution in [0.15, 0.2) is 53.4 Å². The Morgan fingerprint density at radius 2 is 1.74 bits per heavy atom. The average Bonchev–Trinajstić information content (AvgIpc) is 3.26. The van der Waals surface area contributed by atoms with E-state index in [1.165, 1.54) is 19.2 Å². The molecule has 1 aliphatic rings. The van der Waals surface area contributed by atoms with E-state index in [9.17, 15) is 18.0 Å². The van der Waals surface area contributed by atoms with Gasteiger partial charge in [0.15, 0.2) is 0 Å². The van der Waals surface area contributed by atoms with Gasteiger partial charge in [0.25, 0.3) is 0 Å². The number of halogens is 1. The van der Waals surface area contributed by atoms with E-state index in [1.54, 1.807) is 36.4 Å². The van der Waals surface area contributed by atoms with Crippen LogP contribution in [0.3, 0.4) is 0 Å². The molecule has 1 saturated heterocycles. The van der Waals surface area contributed by atoms with E-state index < -0.39 is 28.1 Å². The molecule has 1 atom stereocenters. The topological polar surface area (TPSA) is 114 Å². The minimum absolute atomic E-state index is 0.0795.